The Labute approximate surface area is 89.9 Å². The molecule has 0 aliphatic heterocycles. The highest BCUT2D eigenvalue weighted by atomic mass is 32.1. The molecule has 0 radical (unpaired) electrons. The first-order chi connectivity index (χ1) is 7.02. The fourth-order valence-corrected chi connectivity index (χ4v) is 1.61. The number of nitrogens with one attached hydrogen (secondary N) is 1. The van der Waals surface area contributed by atoms with E-state index in [-0.39, 0.29) is 6.54 Å². The Morgan fingerprint density at radius 2 is 2.27 bits per heavy atom. The van der Waals surface area contributed by atoms with Gasteiger partial charge in [-0.25, -0.2) is 0 Å². The number of nitrogen functional groups attached to an aromatic ring is 1. The lowest BCUT2D eigenvalue weighted by Gasteiger charge is -2.07. The number of primary amides is 1. The van der Waals surface area contributed by atoms with Crippen LogP contribution in [0.15, 0.2) is 11.4 Å². The fraction of sp³-hybridized carbons (Fsp3) is 0.250. The van der Waals surface area contributed by atoms with E-state index in [0.717, 1.165) is 0 Å². The average molecular weight is 229 g/mol. The van der Waals surface area contributed by atoms with Crippen molar-refractivity contribution in [1.29, 1.82) is 0 Å². The number of carbonyl (C=O) groups excluding carboxylic acids is 2. The zero-order chi connectivity index (χ0) is 11.4. The third-order valence-corrected chi connectivity index (χ3v) is 2.62. The van der Waals surface area contributed by atoms with Gasteiger partial charge in [-0.2, -0.15) is 0 Å². The predicted molar refractivity (Wildman–Crippen MR) is 56.3 cm³/mol. The van der Waals surface area contributed by atoms with Crippen molar-refractivity contribution in [2.75, 3.05) is 12.3 Å². The summed E-state index contributed by atoms with van der Waals surface area (Å²) in [5.41, 5.74) is 10.7. The van der Waals surface area contributed by atoms with Gasteiger partial charge in [-0.05, 0) is 11.4 Å². The molecule has 0 aliphatic carbocycles. The summed E-state index contributed by atoms with van der Waals surface area (Å²) in [7, 11) is 0. The molecule has 6 nitrogen and oxygen atoms in total. The fourth-order valence-electron chi connectivity index (χ4n) is 0.874. The first-order valence-corrected chi connectivity index (χ1v) is 4.99. The number of carbonyl (C=O) groups is 2. The van der Waals surface area contributed by atoms with Gasteiger partial charge in [0.1, 0.15) is 11.0 Å². The van der Waals surface area contributed by atoms with Gasteiger partial charge in [-0.1, -0.05) is 0 Å². The van der Waals surface area contributed by atoms with Crippen molar-refractivity contribution < 1.29 is 14.7 Å². The van der Waals surface area contributed by atoms with E-state index >= 15 is 0 Å². The van der Waals surface area contributed by atoms with Crippen LogP contribution in [0.4, 0.5) is 5.69 Å². The van der Waals surface area contributed by atoms with Gasteiger partial charge in [0, 0.05) is 0 Å². The van der Waals surface area contributed by atoms with Gasteiger partial charge in [0.15, 0.2) is 0 Å². The van der Waals surface area contributed by atoms with Gasteiger partial charge in [0.05, 0.1) is 12.2 Å². The van der Waals surface area contributed by atoms with Crippen molar-refractivity contribution in [2.24, 2.45) is 5.73 Å². The summed E-state index contributed by atoms with van der Waals surface area (Å²) in [4.78, 5) is 22.2. The van der Waals surface area contributed by atoms with Crippen molar-refractivity contribution in [3.8, 4) is 0 Å². The molecule has 1 aromatic heterocycles. The Hall–Kier alpha value is -1.60. The number of nitrogens with two attached hydrogens (primary N) is 2. The third-order valence-electron chi connectivity index (χ3n) is 1.69. The Balaban J connectivity index is 2.51. The topological polar surface area (TPSA) is 118 Å². The number of hydrogen-bond donors (Lipinski definition) is 4. The van der Waals surface area contributed by atoms with Crippen molar-refractivity contribution in [2.45, 2.75) is 6.10 Å². The van der Waals surface area contributed by atoms with Crippen molar-refractivity contribution in [3.63, 3.8) is 0 Å². The predicted octanol–water partition coefficient (Wildman–Crippen LogP) is -1.09. The maximum atomic E-state index is 11.4. The summed E-state index contributed by atoms with van der Waals surface area (Å²) in [5.74, 6) is -1.31. The summed E-state index contributed by atoms with van der Waals surface area (Å²) < 4.78 is 0. The van der Waals surface area contributed by atoms with Crippen LogP contribution in [0.5, 0.6) is 0 Å². The minimum Gasteiger partial charge on any atom is -0.397 e. The van der Waals surface area contributed by atoms with E-state index in [0.29, 0.717) is 10.6 Å². The SMILES string of the molecule is NC(=O)C(O)CNC(=O)c1sccc1N. The number of aliphatic hydroxyl groups excluding tert-OH is 1. The lowest BCUT2D eigenvalue weighted by molar-refractivity contribution is -0.125. The zero-order valence-corrected chi connectivity index (χ0v) is 8.58. The van der Waals surface area contributed by atoms with E-state index in [9.17, 15) is 9.59 Å². The number of thiophene rings is 1. The molecular weight excluding hydrogens is 218 g/mol. The van der Waals surface area contributed by atoms with Gasteiger partial charge in [-0.15, -0.1) is 11.3 Å². The summed E-state index contributed by atoms with van der Waals surface area (Å²) >= 11 is 1.18. The maximum Gasteiger partial charge on any atom is 0.263 e. The molecule has 1 atom stereocenters. The molecule has 1 rings (SSSR count). The normalized spacial score (nSPS) is 12.1. The van der Waals surface area contributed by atoms with E-state index in [1.807, 2.05) is 0 Å². The molecule has 1 heterocycles. The number of aliphatic hydroxyl groups is 1. The molecule has 82 valence electrons. The highest BCUT2D eigenvalue weighted by Gasteiger charge is 2.15. The number of amides is 2. The van der Waals surface area contributed by atoms with E-state index < -0.39 is 17.9 Å². The summed E-state index contributed by atoms with van der Waals surface area (Å²) in [6, 6.07) is 1.60. The Kier molecular flexibility index (Phi) is 3.64. The zero-order valence-electron chi connectivity index (χ0n) is 7.77. The number of rotatable bonds is 4. The lowest BCUT2D eigenvalue weighted by atomic mass is 10.3. The second kappa shape index (κ2) is 4.76. The monoisotopic (exact) mass is 229 g/mol. The average Bonchev–Trinajstić information content (AvgIpc) is 2.60. The standard InChI is InChI=1S/C8H11N3O3S/c9-4-1-2-15-6(4)8(14)11-3-5(12)7(10)13/h1-2,5,12H,3,9H2,(H2,10,13)(H,11,14). The second-order valence-corrected chi connectivity index (χ2v) is 3.75. The third kappa shape index (κ3) is 2.93. The minimum atomic E-state index is -1.38. The highest BCUT2D eigenvalue weighted by Crippen LogP contribution is 2.17. The molecule has 0 spiro atoms. The summed E-state index contributed by atoms with van der Waals surface area (Å²) in [6.07, 6.45) is -1.38. The first kappa shape index (κ1) is 11.5. The molecule has 0 fully saturated rings. The molecule has 6 N–H and O–H groups in total. The van der Waals surface area contributed by atoms with Crippen LogP contribution in [-0.4, -0.2) is 29.6 Å². The van der Waals surface area contributed by atoms with Gasteiger partial charge in [-0.3, -0.25) is 9.59 Å². The summed E-state index contributed by atoms with van der Waals surface area (Å²) in [5, 5.41) is 13.0. The van der Waals surface area contributed by atoms with Crippen LogP contribution in [0.3, 0.4) is 0 Å². The molecule has 0 saturated carbocycles. The molecule has 0 bridgehead atoms. The number of anilines is 1. The molecule has 2 amide bonds. The lowest BCUT2D eigenvalue weighted by Crippen LogP contribution is -2.39. The molecular formula is C8H11N3O3S. The number of hydrogen-bond acceptors (Lipinski definition) is 5. The van der Waals surface area contributed by atoms with Crippen LogP contribution in [0, 0.1) is 0 Å². The molecule has 0 aliphatic rings. The highest BCUT2D eigenvalue weighted by molar-refractivity contribution is 7.12. The van der Waals surface area contributed by atoms with Crippen molar-refractivity contribution in [1.82, 2.24) is 5.32 Å². The van der Waals surface area contributed by atoms with Gasteiger partial charge >= 0.3 is 0 Å². The first-order valence-electron chi connectivity index (χ1n) is 4.11. The van der Waals surface area contributed by atoms with Gasteiger partial charge < -0.3 is 21.9 Å². The Morgan fingerprint density at radius 1 is 1.60 bits per heavy atom. The van der Waals surface area contributed by atoms with E-state index in [1.54, 1.807) is 11.4 Å². The van der Waals surface area contributed by atoms with Crippen LogP contribution >= 0.6 is 11.3 Å². The largest absolute Gasteiger partial charge is 0.397 e. The molecule has 15 heavy (non-hydrogen) atoms. The minimum absolute atomic E-state index is 0.217. The maximum absolute atomic E-state index is 11.4. The van der Waals surface area contributed by atoms with Crippen LogP contribution in [0.25, 0.3) is 0 Å². The Bertz CT molecular complexity index is 377. The second-order valence-electron chi connectivity index (χ2n) is 2.83. The van der Waals surface area contributed by atoms with E-state index in [4.69, 9.17) is 16.6 Å². The van der Waals surface area contributed by atoms with Gasteiger partial charge in [0.25, 0.3) is 5.91 Å². The van der Waals surface area contributed by atoms with Crippen LogP contribution in [-0.2, 0) is 4.79 Å². The molecule has 1 aromatic rings. The molecule has 7 heteroatoms. The molecule has 1 unspecified atom stereocenters. The van der Waals surface area contributed by atoms with Crippen molar-refractivity contribution >= 4 is 28.8 Å². The van der Waals surface area contributed by atoms with Crippen LogP contribution in [0.1, 0.15) is 9.67 Å². The quantitative estimate of drug-likeness (QED) is 0.524. The Morgan fingerprint density at radius 3 is 2.73 bits per heavy atom. The molecule has 0 saturated heterocycles. The van der Waals surface area contributed by atoms with Gasteiger partial charge in [0.2, 0.25) is 5.91 Å². The van der Waals surface area contributed by atoms with E-state index in [2.05, 4.69) is 5.32 Å². The molecule has 0 aromatic carbocycles. The summed E-state index contributed by atoms with van der Waals surface area (Å²) in [6.45, 7) is -0.217. The smallest absolute Gasteiger partial charge is 0.263 e. The van der Waals surface area contributed by atoms with Crippen molar-refractivity contribution in [3.05, 3.63) is 16.3 Å². The van der Waals surface area contributed by atoms with Crippen LogP contribution in [0.2, 0.25) is 0 Å². The van der Waals surface area contributed by atoms with Crippen LogP contribution < -0.4 is 16.8 Å². The van der Waals surface area contributed by atoms with E-state index in [1.165, 1.54) is 11.3 Å².